The molecule has 0 aliphatic carbocycles. The highest BCUT2D eigenvalue weighted by atomic mass is 16.2. The highest BCUT2D eigenvalue weighted by Crippen LogP contribution is 2.26. The van der Waals surface area contributed by atoms with Crippen molar-refractivity contribution in [3.8, 4) is 6.07 Å². The summed E-state index contributed by atoms with van der Waals surface area (Å²) in [5, 5.41) is 13.1. The van der Waals surface area contributed by atoms with Crippen LogP contribution in [0.2, 0.25) is 0 Å². The lowest BCUT2D eigenvalue weighted by molar-refractivity contribution is -0.120. The molecular weight excluding hydrogens is 328 g/mol. The number of hydrogen-bond donors (Lipinski definition) is 2. The van der Waals surface area contributed by atoms with Crippen molar-refractivity contribution in [2.75, 3.05) is 0 Å². The van der Waals surface area contributed by atoms with Crippen molar-refractivity contribution in [1.29, 1.82) is 5.26 Å². The summed E-state index contributed by atoms with van der Waals surface area (Å²) in [6.45, 7) is 1.68. The minimum absolute atomic E-state index is 0.165. The smallest absolute Gasteiger partial charge is 0.253 e. The van der Waals surface area contributed by atoms with Crippen molar-refractivity contribution in [1.82, 2.24) is 10.3 Å². The van der Waals surface area contributed by atoms with E-state index in [1.165, 1.54) is 0 Å². The van der Waals surface area contributed by atoms with Gasteiger partial charge >= 0.3 is 0 Å². The van der Waals surface area contributed by atoms with Crippen LogP contribution < -0.4 is 11.1 Å². The van der Waals surface area contributed by atoms with Crippen LogP contribution in [0.15, 0.2) is 48.5 Å². The molecule has 130 valence electrons. The number of hydrogen-bond acceptors (Lipinski definition) is 4. The van der Waals surface area contributed by atoms with Gasteiger partial charge in [-0.15, -0.1) is 0 Å². The Hall–Kier alpha value is -3.46. The predicted molar refractivity (Wildman–Crippen MR) is 99.1 cm³/mol. The van der Waals surface area contributed by atoms with Gasteiger partial charge in [0.05, 0.1) is 22.7 Å². The molecule has 3 rings (SSSR count). The van der Waals surface area contributed by atoms with Gasteiger partial charge in [-0.2, -0.15) is 5.26 Å². The van der Waals surface area contributed by atoms with Gasteiger partial charge in [0, 0.05) is 16.7 Å². The Balaban J connectivity index is 2.09. The summed E-state index contributed by atoms with van der Waals surface area (Å²) in [4.78, 5) is 29.3. The van der Waals surface area contributed by atoms with E-state index in [1.807, 2.05) is 48.5 Å². The van der Waals surface area contributed by atoms with E-state index >= 15 is 0 Å². The third kappa shape index (κ3) is 3.33. The van der Waals surface area contributed by atoms with Crippen LogP contribution >= 0.6 is 0 Å². The molecule has 0 radical (unpaired) electrons. The molecule has 2 aromatic carbocycles. The van der Waals surface area contributed by atoms with Gasteiger partial charge in [0.15, 0.2) is 0 Å². The number of nitrogens with one attached hydrogen (secondary N) is 1. The van der Waals surface area contributed by atoms with Gasteiger partial charge in [-0.1, -0.05) is 36.4 Å². The highest BCUT2D eigenvalue weighted by Gasteiger charge is 2.24. The van der Waals surface area contributed by atoms with E-state index in [9.17, 15) is 9.59 Å². The summed E-state index contributed by atoms with van der Waals surface area (Å²) in [6, 6.07) is 15.8. The van der Waals surface area contributed by atoms with Crippen molar-refractivity contribution >= 4 is 33.6 Å². The number of pyridine rings is 1. The van der Waals surface area contributed by atoms with Crippen molar-refractivity contribution in [2.24, 2.45) is 11.7 Å². The average molecular weight is 346 g/mol. The lowest BCUT2D eigenvalue weighted by Gasteiger charge is -2.18. The molecule has 2 atom stereocenters. The zero-order valence-electron chi connectivity index (χ0n) is 14.3. The number of aromatic nitrogens is 1. The molecule has 3 N–H and O–H groups in total. The fraction of sp³-hybridized carbons (Fsp3) is 0.200. The summed E-state index contributed by atoms with van der Waals surface area (Å²) in [7, 11) is 0. The maximum atomic E-state index is 13.0. The summed E-state index contributed by atoms with van der Waals surface area (Å²) < 4.78 is 0. The number of rotatable bonds is 5. The van der Waals surface area contributed by atoms with Gasteiger partial charge in [0.25, 0.3) is 5.91 Å². The third-order valence-corrected chi connectivity index (χ3v) is 4.27. The van der Waals surface area contributed by atoms with E-state index in [-0.39, 0.29) is 6.42 Å². The van der Waals surface area contributed by atoms with Crippen LogP contribution in [0.5, 0.6) is 0 Å². The quantitative estimate of drug-likeness (QED) is 0.692. The Bertz CT molecular complexity index is 985. The third-order valence-electron chi connectivity index (χ3n) is 4.27. The molecule has 1 aromatic heterocycles. The van der Waals surface area contributed by atoms with Gasteiger partial charge in [-0.05, 0) is 25.5 Å². The molecule has 0 unspecified atom stereocenters. The summed E-state index contributed by atoms with van der Waals surface area (Å²) in [6.07, 6.45) is 0.165. The van der Waals surface area contributed by atoms with Crippen LogP contribution in [0.3, 0.4) is 0 Å². The lowest BCUT2D eigenvalue weighted by Crippen LogP contribution is -2.45. The minimum atomic E-state index is -0.914. The minimum Gasteiger partial charge on any atom is -0.368 e. The van der Waals surface area contributed by atoms with E-state index in [1.54, 1.807) is 6.92 Å². The zero-order chi connectivity index (χ0) is 18.7. The van der Waals surface area contributed by atoms with Gasteiger partial charge in [0.2, 0.25) is 5.91 Å². The molecule has 1 heterocycles. The van der Waals surface area contributed by atoms with Crippen LogP contribution in [0, 0.1) is 17.2 Å². The fourth-order valence-electron chi connectivity index (χ4n) is 2.97. The Kier molecular flexibility index (Phi) is 4.81. The molecule has 0 saturated carbocycles. The lowest BCUT2D eigenvalue weighted by atomic mass is 9.99. The number of nitrogens with two attached hydrogens (primary N) is 1. The topological polar surface area (TPSA) is 109 Å². The molecule has 0 fully saturated rings. The molecule has 0 saturated heterocycles. The van der Waals surface area contributed by atoms with Crippen molar-refractivity contribution in [3.05, 3.63) is 54.1 Å². The van der Waals surface area contributed by atoms with Crippen molar-refractivity contribution in [2.45, 2.75) is 19.4 Å². The first kappa shape index (κ1) is 17.4. The maximum Gasteiger partial charge on any atom is 0.253 e. The van der Waals surface area contributed by atoms with E-state index in [4.69, 9.17) is 11.0 Å². The maximum absolute atomic E-state index is 13.0. The molecule has 6 heteroatoms. The van der Waals surface area contributed by atoms with E-state index in [2.05, 4.69) is 16.4 Å². The molecule has 0 aliphatic rings. The van der Waals surface area contributed by atoms with Crippen molar-refractivity contribution < 1.29 is 9.59 Å². The number of nitriles is 1. The number of amides is 2. The van der Waals surface area contributed by atoms with Gasteiger partial charge in [-0.3, -0.25) is 9.59 Å². The van der Waals surface area contributed by atoms with Gasteiger partial charge < -0.3 is 11.1 Å². The average Bonchev–Trinajstić information content (AvgIpc) is 2.65. The molecule has 0 spiro atoms. The molecule has 26 heavy (non-hydrogen) atoms. The molecule has 0 aliphatic heterocycles. The van der Waals surface area contributed by atoms with E-state index in [0.717, 1.165) is 0 Å². The Morgan fingerprint density at radius 3 is 2.15 bits per heavy atom. The second-order valence-electron chi connectivity index (χ2n) is 6.22. The van der Waals surface area contributed by atoms with Crippen LogP contribution in [0.25, 0.3) is 21.8 Å². The number of para-hydroxylation sites is 2. The summed E-state index contributed by atoms with van der Waals surface area (Å²) in [5.74, 6) is -1.48. The molecule has 3 aromatic rings. The van der Waals surface area contributed by atoms with Crippen LogP contribution in [0.1, 0.15) is 23.7 Å². The fourth-order valence-corrected chi connectivity index (χ4v) is 2.97. The SMILES string of the molecule is C[C@@H](C#N)C[C@H](NC(=O)c1c2ccccc2nc2ccccc12)C(N)=O. The summed E-state index contributed by atoms with van der Waals surface area (Å²) >= 11 is 0. The highest BCUT2D eigenvalue weighted by molar-refractivity contribution is 6.16. The number of fused-ring (bicyclic) bond motifs is 2. The summed E-state index contributed by atoms with van der Waals surface area (Å²) in [5.41, 5.74) is 7.25. The van der Waals surface area contributed by atoms with E-state index in [0.29, 0.717) is 27.4 Å². The normalized spacial score (nSPS) is 13.1. The first-order chi connectivity index (χ1) is 12.5. The number of nitrogens with zero attached hydrogens (tertiary/aromatic N) is 2. The Morgan fingerprint density at radius 1 is 1.12 bits per heavy atom. The standard InChI is InChI=1S/C20H18N4O2/c1-12(11-21)10-17(19(22)25)24-20(26)18-13-6-2-4-8-15(13)23-16-9-5-3-7-14(16)18/h2-9,12,17H,10H2,1H3,(H2,22,25)(H,24,26)/t12-,17+/m1/s1. The molecule has 6 nitrogen and oxygen atoms in total. The number of carbonyl (C=O) groups excluding carboxylic acids is 2. The van der Waals surface area contributed by atoms with Crippen LogP contribution in [-0.2, 0) is 4.79 Å². The number of carbonyl (C=O) groups is 2. The number of benzene rings is 2. The first-order valence-corrected chi connectivity index (χ1v) is 8.28. The van der Waals surface area contributed by atoms with Gasteiger partial charge in [0.1, 0.15) is 6.04 Å². The van der Waals surface area contributed by atoms with Crippen LogP contribution in [0.4, 0.5) is 0 Å². The van der Waals surface area contributed by atoms with Gasteiger partial charge in [-0.25, -0.2) is 4.98 Å². The monoisotopic (exact) mass is 346 g/mol. The van der Waals surface area contributed by atoms with E-state index < -0.39 is 23.8 Å². The predicted octanol–water partition coefficient (Wildman–Crippen LogP) is 2.52. The Morgan fingerprint density at radius 2 is 1.65 bits per heavy atom. The second kappa shape index (κ2) is 7.19. The molecule has 0 bridgehead atoms. The first-order valence-electron chi connectivity index (χ1n) is 8.28. The molecular formula is C20H18N4O2. The Labute approximate surface area is 150 Å². The number of primary amides is 1. The van der Waals surface area contributed by atoms with Crippen LogP contribution in [-0.4, -0.2) is 22.8 Å². The second-order valence-corrected chi connectivity index (χ2v) is 6.22. The molecule has 2 amide bonds. The largest absolute Gasteiger partial charge is 0.368 e. The van der Waals surface area contributed by atoms with Crippen molar-refractivity contribution in [3.63, 3.8) is 0 Å². The zero-order valence-corrected chi connectivity index (χ0v) is 14.3.